The molecule has 0 radical (unpaired) electrons. The number of amides is 1. The van der Waals surface area contributed by atoms with Crippen LogP contribution in [0.25, 0.3) is 6.08 Å². The van der Waals surface area contributed by atoms with Gasteiger partial charge >= 0.3 is 5.97 Å². The zero-order valence-electron chi connectivity index (χ0n) is 16.8. The van der Waals surface area contributed by atoms with Crippen molar-refractivity contribution in [3.05, 3.63) is 58.1 Å². The van der Waals surface area contributed by atoms with E-state index in [1.54, 1.807) is 50.6 Å². The molecule has 0 heterocycles. The molecule has 0 aliphatic rings. The summed E-state index contributed by atoms with van der Waals surface area (Å²) >= 11 is 3.42. The molecule has 29 heavy (non-hydrogen) atoms. The first-order valence-corrected chi connectivity index (χ1v) is 9.81. The number of carbonyl (C=O) groups is 2. The molecule has 0 saturated carbocycles. The molecule has 2 aromatic rings. The summed E-state index contributed by atoms with van der Waals surface area (Å²) in [5.41, 5.74) is 1.79. The molecule has 0 fully saturated rings. The average Bonchev–Trinajstić information content (AvgIpc) is 2.70. The second-order valence-corrected chi connectivity index (χ2v) is 7.48. The van der Waals surface area contributed by atoms with E-state index in [0.717, 1.165) is 10.0 Å². The summed E-state index contributed by atoms with van der Waals surface area (Å²) in [6, 6.07) is 10.1. The Bertz CT molecular complexity index is 891. The summed E-state index contributed by atoms with van der Waals surface area (Å²) in [6.07, 6.45) is 3.08. The molecule has 0 aromatic heterocycles. The number of halogens is 1. The first-order valence-electron chi connectivity index (χ1n) is 9.01. The number of benzene rings is 2. The van der Waals surface area contributed by atoms with Crippen molar-refractivity contribution in [1.29, 1.82) is 0 Å². The molecular formula is C22H24BrNO5. The van der Waals surface area contributed by atoms with Crippen molar-refractivity contribution in [2.24, 2.45) is 5.92 Å². The van der Waals surface area contributed by atoms with Gasteiger partial charge in [-0.3, -0.25) is 4.79 Å². The lowest BCUT2D eigenvalue weighted by Gasteiger charge is -2.10. The van der Waals surface area contributed by atoms with E-state index in [0.29, 0.717) is 29.4 Å². The fraction of sp³-hybridized carbons (Fsp3) is 0.273. The van der Waals surface area contributed by atoms with Gasteiger partial charge in [-0.05, 0) is 69.9 Å². The van der Waals surface area contributed by atoms with Crippen molar-refractivity contribution in [3.8, 4) is 11.5 Å². The lowest BCUT2D eigenvalue weighted by atomic mass is 10.2. The monoisotopic (exact) mass is 461 g/mol. The van der Waals surface area contributed by atoms with Gasteiger partial charge in [0.1, 0.15) is 0 Å². The van der Waals surface area contributed by atoms with Crippen LogP contribution in [-0.2, 0) is 9.53 Å². The SMILES string of the molecule is COc1cc(/C=C/C(=O)Nc2ccc(C(=O)OCC(C)C)cc2)cc(Br)c1OC. The number of rotatable bonds is 8. The molecular weight excluding hydrogens is 438 g/mol. The Morgan fingerprint density at radius 3 is 2.38 bits per heavy atom. The first-order chi connectivity index (χ1) is 13.8. The Morgan fingerprint density at radius 2 is 1.79 bits per heavy atom. The molecule has 0 unspecified atom stereocenters. The standard InChI is InChI=1S/C22H24BrNO5/c1-14(2)13-29-22(26)16-6-8-17(9-7-16)24-20(25)10-5-15-11-18(23)21(28-4)19(12-15)27-3/h5-12,14H,13H2,1-4H3,(H,24,25)/b10-5+. The largest absolute Gasteiger partial charge is 0.493 e. The maximum absolute atomic E-state index is 12.2. The maximum atomic E-state index is 12.2. The van der Waals surface area contributed by atoms with Gasteiger partial charge in [-0.1, -0.05) is 13.8 Å². The lowest BCUT2D eigenvalue weighted by Crippen LogP contribution is -2.11. The number of esters is 1. The summed E-state index contributed by atoms with van der Waals surface area (Å²) in [5.74, 6) is 0.736. The normalized spacial score (nSPS) is 10.8. The summed E-state index contributed by atoms with van der Waals surface area (Å²) in [6.45, 7) is 4.31. The highest BCUT2D eigenvalue weighted by Gasteiger charge is 2.10. The van der Waals surface area contributed by atoms with Crippen molar-refractivity contribution in [2.45, 2.75) is 13.8 Å². The summed E-state index contributed by atoms with van der Waals surface area (Å²) < 4.78 is 16.5. The molecule has 0 aliphatic heterocycles. The van der Waals surface area contributed by atoms with Crippen LogP contribution in [-0.4, -0.2) is 32.7 Å². The predicted octanol–water partition coefficient (Wildman–Crippen LogP) is 4.93. The zero-order valence-corrected chi connectivity index (χ0v) is 18.4. The van der Waals surface area contributed by atoms with E-state index in [1.807, 2.05) is 19.9 Å². The molecule has 0 bridgehead atoms. The average molecular weight is 462 g/mol. The van der Waals surface area contributed by atoms with Gasteiger partial charge in [0.15, 0.2) is 11.5 Å². The minimum Gasteiger partial charge on any atom is -0.493 e. The van der Waals surface area contributed by atoms with Crippen LogP contribution < -0.4 is 14.8 Å². The van der Waals surface area contributed by atoms with E-state index < -0.39 is 0 Å². The minimum absolute atomic E-state index is 0.274. The predicted molar refractivity (Wildman–Crippen MR) is 116 cm³/mol. The van der Waals surface area contributed by atoms with E-state index >= 15 is 0 Å². The Labute approximate surface area is 179 Å². The van der Waals surface area contributed by atoms with Crippen LogP contribution in [0.3, 0.4) is 0 Å². The van der Waals surface area contributed by atoms with Crippen molar-refractivity contribution in [3.63, 3.8) is 0 Å². The highest BCUT2D eigenvalue weighted by atomic mass is 79.9. The van der Waals surface area contributed by atoms with Crippen LogP contribution in [0, 0.1) is 5.92 Å². The van der Waals surface area contributed by atoms with Gasteiger partial charge in [-0.25, -0.2) is 4.79 Å². The summed E-state index contributed by atoms with van der Waals surface area (Å²) in [4.78, 5) is 24.1. The Kier molecular flexibility index (Phi) is 8.27. The maximum Gasteiger partial charge on any atom is 0.338 e. The van der Waals surface area contributed by atoms with Crippen LogP contribution in [0.5, 0.6) is 11.5 Å². The number of hydrogen-bond donors (Lipinski definition) is 1. The topological polar surface area (TPSA) is 73.9 Å². The molecule has 1 amide bonds. The molecule has 0 saturated heterocycles. The highest BCUT2D eigenvalue weighted by Crippen LogP contribution is 2.36. The van der Waals surface area contributed by atoms with Gasteiger partial charge < -0.3 is 19.5 Å². The van der Waals surface area contributed by atoms with Crippen molar-refractivity contribution in [2.75, 3.05) is 26.1 Å². The van der Waals surface area contributed by atoms with Crippen LogP contribution in [0.1, 0.15) is 29.8 Å². The number of hydrogen-bond acceptors (Lipinski definition) is 5. The third-order valence-corrected chi connectivity index (χ3v) is 4.41. The number of carbonyl (C=O) groups excluding carboxylic acids is 2. The molecule has 2 aromatic carbocycles. The van der Waals surface area contributed by atoms with E-state index in [2.05, 4.69) is 21.2 Å². The quantitative estimate of drug-likeness (QED) is 0.445. The van der Waals surface area contributed by atoms with Crippen LogP contribution >= 0.6 is 15.9 Å². The molecule has 6 nitrogen and oxygen atoms in total. The molecule has 1 N–H and O–H groups in total. The second kappa shape index (κ2) is 10.7. The third kappa shape index (κ3) is 6.64. The molecule has 154 valence electrons. The summed E-state index contributed by atoms with van der Waals surface area (Å²) in [5, 5.41) is 2.75. The number of methoxy groups -OCH3 is 2. The third-order valence-electron chi connectivity index (χ3n) is 3.82. The van der Waals surface area contributed by atoms with Gasteiger partial charge in [0.05, 0.1) is 30.9 Å². The number of anilines is 1. The van der Waals surface area contributed by atoms with E-state index in [1.165, 1.54) is 6.08 Å². The fourth-order valence-corrected chi connectivity index (χ4v) is 3.03. The smallest absolute Gasteiger partial charge is 0.338 e. The van der Waals surface area contributed by atoms with E-state index in [9.17, 15) is 9.59 Å². The van der Waals surface area contributed by atoms with Crippen molar-refractivity contribution in [1.82, 2.24) is 0 Å². The van der Waals surface area contributed by atoms with Gasteiger partial charge in [-0.15, -0.1) is 0 Å². The second-order valence-electron chi connectivity index (χ2n) is 6.63. The van der Waals surface area contributed by atoms with E-state index in [-0.39, 0.29) is 17.8 Å². The minimum atomic E-state index is -0.379. The highest BCUT2D eigenvalue weighted by molar-refractivity contribution is 9.10. The van der Waals surface area contributed by atoms with E-state index in [4.69, 9.17) is 14.2 Å². The van der Waals surface area contributed by atoms with Crippen LogP contribution in [0.15, 0.2) is 46.9 Å². The summed E-state index contributed by atoms with van der Waals surface area (Å²) in [7, 11) is 3.10. The van der Waals surface area contributed by atoms with Gasteiger partial charge in [-0.2, -0.15) is 0 Å². The Morgan fingerprint density at radius 1 is 1.10 bits per heavy atom. The molecule has 2 rings (SSSR count). The number of ether oxygens (including phenoxy) is 3. The van der Waals surface area contributed by atoms with Crippen LogP contribution in [0.2, 0.25) is 0 Å². The Balaban J connectivity index is 2.00. The lowest BCUT2D eigenvalue weighted by molar-refractivity contribution is -0.111. The van der Waals surface area contributed by atoms with Crippen molar-refractivity contribution >= 4 is 39.6 Å². The molecule has 0 spiro atoms. The fourth-order valence-electron chi connectivity index (χ4n) is 2.41. The molecule has 0 aliphatic carbocycles. The van der Waals surface area contributed by atoms with Crippen molar-refractivity contribution < 1.29 is 23.8 Å². The Hall–Kier alpha value is -2.80. The molecule has 0 atom stereocenters. The first kappa shape index (κ1) is 22.5. The van der Waals surface area contributed by atoms with Gasteiger partial charge in [0.25, 0.3) is 0 Å². The van der Waals surface area contributed by atoms with Gasteiger partial charge in [0, 0.05) is 11.8 Å². The van der Waals surface area contributed by atoms with Crippen LogP contribution in [0.4, 0.5) is 5.69 Å². The van der Waals surface area contributed by atoms with Gasteiger partial charge in [0.2, 0.25) is 5.91 Å². The molecule has 7 heteroatoms. The zero-order chi connectivity index (χ0) is 21.4. The number of nitrogens with one attached hydrogen (secondary N) is 1.